The molecule has 0 atom stereocenters. The molecule has 0 bridgehead atoms. The average Bonchev–Trinajstić information content (AvgIpc) is 3.25. The van der Waals surface area contributed by atoms with Crippen LogP contribution in [0.4, 0.5) is 24.7 Å². The van der Waals surface area contributed by atoms with Crippen molar-refractivity contribution in [2.45, 2.75) is 13.1 Å². The van der Waals surface area contributed by atoms with Crippen molar-refractivity contribution < 1.29 is 32.7 Å². The minimum atomic E-state index is -5.08. The van der Waals surface area contributed by atoms with Crippen LogP contribution in [0.3, 0.4) is 0 Å². The maximum atomic E-state index is 12.6. The van der Waals surface area contributed by atoms with Gasteiger partial charge in [0.15, 0.2) is 0 Å². The lowest BCUT2D eigenvalue weighted by Crippen LogP contribution is -2.48. The fourth-order valence-electron chi connectivity index (χ4n) is 4.46. The normalized spacial score (nSPS) is 12.9. The number of benzene rings is 2. The fraction of sp³-hybridized carbons (Fsp3) is 0.233. The maximum absolute atomic E-state index is 12.6. The van der Waals surface area contributed by atoms with E-state index in [4.69, 9.17) is 15.6 Å². The second kappa shape index (κ2) is 13.0. The van der Waals surface area contributed by atoms with E-state index in [0.717, 1.165) is 40.9 Å². The Morgan fingerprint density at radius 2 is 1.66 bits per heavy atom. The summed E-state index contributed by atoms with van der Waals surface area (Å²) in [6.45, 7) is 7.88. The second-order valence-electron chi connectivity index (χ2n) is 10.2. The summed E-state index contributed by atoms with van der Waals surface area (Å²) in [7, 11) is 1.93. The van der Waals surface area contributed by atoms with E-state index >= 15 is 0 Å². The van der Waals surface area contributed by atoms with Gasteiger partial charge in [0, 0.05) is 55.0 Å². The molecule has 1 saturated heterocycles. The van der Waals surface area contributed by atoms with Crippen LogP contribution in [0.25, 0.3) is 33.4 Å². The molecule has 14 heteroatoms. The van der Waals surface area contributed by atoms with Crippen LogP contribution in [0.2, 0.25) is 0 Å². The monoisotopic (exact) mass is 609 g/mol. The molecule has 0 aliphatic carbocycles. The van der Waals surface area contributed by atoms with Crippen LogP contribution in [0.1, 0.15) is 17.3 Å². The van der Waals surface area contributed by atoms with Gasteiger partial charge in [0.1, 0.15) is 17.8 Å². The molecule has 0 unspecified atom stereocenters. The lowest BCUT2D eigenvalue weighted by Gasteiger charge is -2.27. The number of hydrogen-bond donors (Lipinski definition) is 5. The van der Waals surface area contributed by atoms with Crippen LogP contribution in [0.15, 0.2) is 67.0 Å². The lowest BCUT2D eigenvalue weighted by atomic mass is 9.97. The molecular weight excluding hydrogens is 579 g/mol. The number of nitrogens with zero attached hydrogens (tertiary/aromatic N) is 3. The van der Waals surface area contributed by atoms with E-state index in [1.54, 1.807) is 6.92 Å². The number of nitrogens with one attached hydrogen (secondary N) is 3. The van der Waals surface area contributed by atoms with E-state index in [-0.39, 0.29) is 11.8 Å². The molecular formula is C30H30F3N7O4. The van der Waals surface area contributed by atoms with Gasteiger partial charge in [-0.3, -0.25) is 9.59 Å². The molecule has 0 spiro atoms. The lowest BCUT2D eigenvalue weighted by molar-refractivity contribution is -0.192. The van der Waals surface area contributed by atoms with Crippen LogP contribution in [0.5, 0.6) is 0 Å². The number of amides is 2. The Kier molecular flexibility index (Phi) is 9.33. The number of carbonyl (C=O) groups is 3. The zero-order valence-corrected chi connectivity index (χ0v) is 23.8. The average molecular weight is 610 g/mol. The molecule has 230 valence electrons. The number of aryl methyl sites for hydroxylation is 1. The SMILES string of the molecule is C=C(C)C(=O)Nc1ccc(-c2c(-c3ccc(C(=O)NCC4CNC4)cc3)c3c(N)ncnc3n2C)cc1.O=C(O)C(F)(F)F. The summed E-state index contributed by atoms with van der Waals surface area (Å²) in [5.74, 6) is -2.21. The van der Waals surface area contributed by atoms with E-state index in [2.05, 4.69) is 32.5 Å². The highest BCUT2D eigenvalue weighted by Crippen LogP contribution is 2.41. The topological polar surface area (TPSA) is 164 Å². The number of rotatable bonds is 7. The van der Waals surface area contributed by atoms with Gasteiger partial charge in [-0.05, 0) is 42.3 Å². The number of fused-ring (bicyclic) bond motifs is 1. The number of alkyl halides is 3. The molecule has 0 radical (unpaired) electrons. The highest BCUT2D eigenvalue weighted by Gasteiger charge is 2.38. The van der Waals surface area contributed by atoms with Crippen molar-refractivity contribution in [1.82, 2.24) is 25.2 Å². The number of anilines is 2. The Bertz CT molecular complexity index is 1710. The number of carboxylic acid groups (broad SMARTS) is 1. The number of carboxylic acids is 1. The summed E-state index contributed by atoms with van der Waals surface area (Å²) in [6, 6.07) is 15.1. The molecule has 44 heavy (non-hydrogen) atoms. The largest absolute Gasteiger partial charge is 0.490 e. The van der Waals surface area contributed by atoms with Gasteiger partial charge in [0.2, 0.25) is 0 Å². The zero-order valence-electron chi connectivity index (χ0n) is 23.8. The first kappa shape index (κ1) is 31.7. The Hall–Kier alpha value is -5.24. The van der Waals surface area contributed by atoms with Crippen LogP contribution in [-0.4, -0.2) is 63.2 Å². The molecule has 1 aliphatic rings. The molecule has 1 aliphatic heterocycles. The van der Waals surface area contributed by atoms with Crippen molar-refractivity contribution >= 4 is 40.3 Å². The summed E-state index contributed by atoms with van der Waals surface area (Å²) < 4.78 is 33.7. The van der Waals surface area contributed by atoms with Crippen molar-refractivity contribution in [3.05, 3.63) is 72.6 Å². The highest BCUT2D eigenvalue weighted by molar-refractivity contribution is 6.08. The Morgan fingerprint density at radius 3 is 2.18 bits per heavy atom. The van der Waals surface area contributed by atoms with Gasteiger partial charge in [-0.15, -0.1) is 0 Å². The number of hydrogen-bond acceptors (Lipinski definition) is 7. The molecule has 0 saturated carbocycles. The predicted octanol–water partition coefficient (Wildman–Crippen LogP) is 3.98. The molecule has 6 N–H and O–H groups in total. The highest BCUT2D eigenvalue weighted by atomic mass is 19.4. The molecule has 11 nitrogen and oxygen atoms in total. The van der Waals surface area contributed by atoms with E-state index < -0.39 is 12.1 Å². The van der Waals surface area contributed by atoms with Gasteiger partial charge in [-0.2, -0.15) is 13.2 Å². The third-order valence-electron chi connectivity index (χ3n) is 6.90. The molecule has 2 amide bonds. The zero-order chi connectivity index (χ0) is 32.2. The van der Waals surface area contributed by atoms with Gasteiger partial charge in [-0.25, -0.2) is 14.8 Å². The van der Waals surface area contributed by atoms with Crippen LogP contribution in [-0.2, 0) is 16.6 Å². The van der Waals surface area contributed by atoms with Crippen molar-refractivity contribution in [2.24, 2.45) is 13.0 Å². The Morgan fingerprint density at radius 1 is 1.07 bits per heavy atom. The first-order valence-corrected chi connectivity index (χ1v) is 13.3. The number of aliphatic carboxylic acids is 1. The number of nitrogen functional groups attached to an aromatic ring is 1. The predicted molar refractivity (Wildman–Crippen MR) is 160 cm³/mol. The standard InChI is InChI=1S/C28H29N7O2.C2HF3O2/c1-16(2)27(36)34-21-10-8-19(9-11-21)24-22(23-25(29)32-15-33-26(23)35(24)3)18-4-6-20(7-5-18)28(37)31-14-17-12-30-13-17;3-2(4,5)1(6)7/h4-11,15,17,30H,1,12-14H2,2-3H3,(H,31,37)(H,34,36)(H2,29,32,33);(H,6,7). The number of nitrogens with two attached hydrogens (primary N) is 1. The number of halogens is 3. The van der Waals surface area contributed by atoms with Crippen LogP contribution in [0, 0.1) is 5.92 Å². The third kappa shape index (κ3) is 7.03. The summed E-state index contributed by atoms with van der Waals surface area (Å²) in [4.78, 5) is 42.3. The third-order valence-corrected chi connectivity index (χ3v) is 6.90. The summed E-state index contributed by atoms with van der Waals surface area (Å²) in [5.41, 5.74) is 12.3. The first-order valence-electron chi connectivity index (χ1n) is 13.3. The molecule has 3 heterocycles. The molecule has 5 rings (SSSR count). The summed E-state index contributed by atoms with van der Waals surface area (Å²) >= 11 is 0. The second-order valence-corrected chi connectivity index (χ2v) is 10.2. The quantitative estimate of drug-likeness (QED) is 0.196. The van der Waals surface area contributed by atoms with Gasteiger partial charge in [-0.1, -0.05) is 30.8 Å². The first-order chi connectivity index (χ1) is 20.8. The number of carbonyl (C=O) groups excluding carboxylic acids is 2. The smallest absolute Gasteiger partial charge is 0.475 e. The van der Waals surface area contributed by atoms with E-state index in [0.29, 0.717) is 40.8 Å². The van der Waals surface area contributed by atoms with E-state index in [9.17, 15) is 22.8 Å². The van der Waals surface area contributed by atoms with Crippen molar-refractivity contribution in [3.8, 4) is 22.4 Å². The Labute approximate surface area is 250 Å². The molecule has 2 aromatic heterocycles. The minimum Gasteiger partial charge on any atom is -0.475 e. The van der Waals surface area contributed by atoms with E-state index in [1.165, 1.54) is 6.33 Å². The van der Waals surface area contributed by atoms with Crippen LogP contribution < -0.4 is 21.7 Å². The summed E-state index contributed by atoms with van der Waals surface area (Å²) in [6.07, 6.45) is -3.63. The molecule has 4 aromatic rings. The minimum absolute atomic E-state index is 0.0909. The fourth-order valence-corrected chi connectivity index (χ4v) is 4.46. The molecule has 1 fully saturated rings. The van der Waals surface area contributed by atoms with Gasteiger partial charge < -0.3 is 31.4 Å². The van der Waals surface area contributed by atoms with Crippen molar-refractivity contribution in [1.29, 1.82) is 0 Å². The Balaban J connectivity index is 0.000000566. The van der Waals surface area contributed by atoms with E-state index in [1.807, 2.05) is 60.1 Å². The summed E-state index contributed by atoms with van der Waals surface area (Å²) in [5, 5.41) is 16.9. The van der Waals surface area contributed by atoms with Gasteiger partial charge in [0.25, 0.3) is 11.8 Å². The molecule has 2 aromatic carbocycles. The maximum Gasteiger partial charge on any atom is 0.490 e. The number of aromatic nitrogens is 3. The van der Waals surface area contributed by atoms with Gasteiger partial charge >= 0.3 is 12.1 Å². The van der Waals surface area contributed by atoms with Crippen molar-refractivity contribution in [3.63, 3.8) is 0 Å². The van der Waals surface area contributed by atoms with Gasteiger partial charge in [0.05, 0.1) is 11.1 Å². The van der Waals surface area contributed by atoms with Crippen LogP contribution >= 0.6 is 0 Å². The van der Waals surface area contributed by atoms with Crippen molar-refractivity contribution in [2.75, 3.05) is 30.7 Å².